The van der Waals surface area contributed by atoms with Crippen LogP contribution in [-0.4, -0.2) is 19.2 Å². The largest absolute Gasteiger partial charge is 2.00 e. The molecule has 1 rings (SSSR count). The fourth-order valence-corrected chi connectivity index (χ4v) is 2.43. The minimum absolute atomic E-state index is 0. The monoisotopic (exact) mass is 580 g/mol. The van der Waals surface area contributed by atoms with Gasteiger partial charge >= 0.3 is 31.1 Å². The fourth-order valence-electron chi connectivity index (χ4n) is 2.29. The Morgan fingerprint density at radius 1 is 1.12 bits per heavy atom. The molecular weight excluding hydrogens is 542 g/mol. The van der Waals surface area contributed by atoms with Crippen LogP contribution in [-0.2, 0) is 4.79 Å². The molecule has 0 bridgehead atoms. The minimum atomic E-state index is 0. The third-order valence-corrected chi connectivity index (χ3v) is 3.83. The van der Waals surface area contributed by atoms with Crippen molar-refractivity contribution in [3.05, 3.63) is 0 Å². The summed E-state index contributed by atoms with van der Waals surface area (Å²) < 4.78 is 6.89. The average molecular weight is 581 g/mol. The SMILES string of the molecule is C.C1CCCCC1.C=NSN=[C-]C.CCCC(C)CCC[C-]=O.[U+2]. The van der Waals surface area contributed by atoms with E-state index < -0.39 is 0 Å². The van der Waals surface area contributed by atoms with Gasteiger partial charge in [0.15, 0.2) is 0 Å². The molecular formula is C19H38N2OSU. The quantitative estimate of drug-likeness (QED) is 0.136. The van der Waals surface area contributed by atoms with E-state index in [4.69, 9.17) is 0 Å². The number of unbranched alkanes of at least 4 members (excludes halogenated alkanes) is 1. The molecule has 0 amide bonds. The van der Waals surface area contributed by atoms with E-state index in [1.165, 1.54) is 57.8 Å². The van der Waals surface area contributed by atoms with Crippen molar-refractivity contribution >= 4 is 31.4 Å². The molecule has 1 unspecified atom stereocenters. The molecule has 0 aromatic heterocycles. The molecule has 0 saturated heterocycles. The summed E-state index contributed by atoms with van der Waals surface area (Å²) in [6, 6.07) is 0. The van der Waals surface area contributed by atoms with Crippen molar-refractivity contribution in [3.8, 4) is 0 Å². The molecule has 0 heterocycles. The number of nitrogens with zero attached hydrogens (tertiary/aromatic N) is 2. The zero-order valence-corrected chi connectivity index (χ0v) is 20.3. The van der Waals surface area contributed by atoms with Gasteiger partial charge in [-0.05, 0) is 5.92 Å². The summed E-state index contributed by atoms with van der Waals surface area (Å²) in [5.41, 5.74) is 0. The van der Waals surface area contributed by atoms with Gasteiger partial charge in [0.2, 0.25) is 0 Å². The molecule has 1 aliphatic rings. The molecule has 5 heteroatoms. The second-order valence-electron chi connectivity index (χ2n) is 5.58. The van der Waals surface area contributed by atoms with Gasteiger partial charge in [-0.25, -0.2) is 4.40 Å². The van der Waals surface area contributed by atoms with E-state index in [2.05, 4.69) is 35.6 Å². The maximum Gasteiger partial charge on any atom is 2.00 e. The molecule has 1 aliphatic carbocycles. The van der Waals surface area contributed by atoms with E-state index in [1.54, 1.807) is 6.92 Å². The van der Waals surface area contributed by atoms with Crippen LogP contribution in [0, 0.1) is 37.0 Å². The van der Waals surface area contributed by atoms with Gasteiger partial charge in [0.25, 0.3) is 0 Å². The van der Waals surface area contributed by atoms with Gasteiger partial charge in [-0.3, -0.25) is 6.29 Å². The van der Waals surface area contributed by atoms with Crippen LogP contribution in [0.15, 0.2) is 8.80 Å². The summed E-state index contributed by atoms with van der Waals surface area (Å²) in [5.74, 6) is 0.790. The van der Waals surface area contributed by atoms with Crippen LogP contribution in [0.25, 0.3) is 0 Å². The van der Waals surface area contributed by atoms with Crippen LogP contribution in [0.4, 0.5) is 0 Å². The zero-order chi connectivity index (χ0) is 16.9. The standard InChI is InChI=1S/C9H17O.C6H12.C3H5N2S.CH4.U/c1-3-6-9(2)7-4-5-8-10;1-2-4-6-5-3-1;1-3-5-6-4-2;;/h9H,3-7H2,1-2H3;1-6H2;2H2,1H3;1H4;/q-1;;-1;;+2. The van der Waals surface area contributed by atoms with E-state index in [0.29, 0.717) is 6.42 Å². The molecule has 0 aliphatic heterocycles. The molecule has 0 aromatic rings. The summed E-state index contributed by atoms with van der Waals surface area (Å²) in [7, 11) is 0. The Bertz CT molecular complexity index is 248. The normalized spacial score (nSPS) is 13.8. The van der Waals surface area contributed by atoms with Crippen LogP contribution < -0.4 is 0 Å². The van der Waals surface area contributed by atoms with E-state index in [1.807, 2.05) is 6.29 Å². The third-order valence-electron chi connectivity index (χ3n) is 3.45. The first-order chi connectivity index (χ1) is 10.7. The van der Waals surface area contributed by atoms with E-state index >= 15 is 0 Å². The Hall–Kier alpha value is 0.412. The molecule has 0 spiro atoms. The van der Waals surface area contributed by atoms with Gasteiger partial charge in [-0.1, -0.05) is 85.5 Å². The second kappa shape index (κ2) is 31.2. The van der Waals surface area contributed by atoms with Gasteiger partial charge in [0.05, 0.1) is 12.1 Å². The van der Waals surface area contributed by atoms with Gasteiger partial charge in [-0.15, -0.1) is 0 Å². The van der Waals surface area contributed by atoms with Crippen molar-refractivity contribution < 1.29 is 35.9 Å². The Balaban J connectivity index is -0.000000125. The summed E-state index contributed by atoms with van der Waals surface area (Å²) >= 11 is 1.04. The fraction of sp³-hybridized carbons (Fsp3) is 0.842. The molecule has 0 N–H and O–H groups in total. The van der Waals surface area contributed by atoms with Crippen molar-refractivity contribution in [2.75, 3.05) is 0 Å². The van der Waals surface area contributed by atoms with Crippen molar-refractivity contribution in [1.82, 2.24) is 0 Å². The second-order valence-corrected chi connectivity index (χ2v) is 6.18. The number of hydrogen-bond donors (Lipinski definition) is 0. The number of rotatable bonds is 8. The van der Waals surface area contributed by atoms with E-state index in [-0.39, 0.29) is 38.5 Å². The van der Waals surface area contributed by atoms with E-state index in [9.17, 15) is 4.79 Å². The van der Waals surface area contributed by atoms with Crippen molar-refractivity contribution in [2.24, 2.45) is 14.7 Å². The van der Waals surface area contributed by atoms with Gasteiger partial charge in [0.1, 0.15) is 0 Å². The number of hydrogen-bond acceptors (Lipinski definition) is 4. The molecule has 24 heavy (non-hydrogen) atoms. The maximum atomic E-state index is 9.82. The van der Waals surface area contributed by atoms with Crippen molar-refractivity contribution in [1.29, 1.82) is 0 Å². The van der Waals surface area contributed by atoms with Gasteiger partial charge < -0.3 is 15.4 Å². The topological polar surface area (TPSA) is 41.8 Å². The Labute approximate surface area is 180 Å². The average Bonchev–Trinajstić information content (AvgIpc) is 2.56. The van der Waals surface area contributed by atoms with Crippen molar-refractivity contribution in [3.63, 3.8) is 0 Å². The molecule has 1 atom stereocenters. The first-order valence-corrected chi connectivity index (χ1v) is 9.29. The van der Waals surface area contributed by atoms with Crippen LogP contribution in [0.1, 0.15) is 98.8 Å². The molecule has 1 fully saturated rings. The molecule has 140 valence electrons. The Kier molecular flexibility index (Phi) is 41.8. The predicted octanol–water partition coefficient (Wildman–Crippen LogP) is 6.90. The molecule has 0 radical (unpaired) electrons. The molecule has 3 nitrogen and oxygen atoms in total. The smallest absolute Gasteiger partial charge is 0.542 e. The Morgan fingerprint density at radius 2 is 1.62 bits per heavy atom. The summed E-state index contributed by atoms with van der Waals surface area (Å²) in [5, 5.41) is 0. The predicted molar refractivity (Wildman–Crippen MR) is 108 cm³/mol. The summed E-state index contributed by atoms with van der Waals surface area (Å²) in [6.07, 6.45) is 18.8. The maximum absolute atomic E-state index is 9.82. The Morgan fingerprint density at radius 3 is 1.92 bits per heavy atom. The van der Waals surface area contributed by atoms with Crippen LogP contribution >= 0.6 is 12.1 Å². The summed E-state index contributed by atoms with van der Waals surface area (Å²) in [4.78, 5) is 9.82. The molecule has 0 aromatic carbocycles. The van der Waals surface area contributed by atoms with Gasteiger partial charge in [-0.2, -0.15) is 13.3 Å². The summed E-state index contributed by atoms with van der Waals surface area (Å²) in [6.45, 7) is 9.33. The first kappa shape index (κ1) is 32.1. The zero-order valence-electron chi connectivity index (χ0n) is 15.3. The van der Waals surface area contributed by atoms with Crippen LogP contribution in [0.5, 0.6) is 0 Å². The third kappa shape index (κ3) is 33.9. The minimum Gasteiger partial charge on any atom is -0.542 e. The van der Waals surface area contributed by atoms with Gasteiger partial charge in [0, 0.05) is 6.72 Å². The van der Waals surface area contributed by atoms with Crippen LogP contribution in [0.3, 0.4) is 0 Å². The van der Waals surface area contributed by atoms with E-state index in [0.717, 1.165) is 24.5 Å². The van der Waals surface area contributed by atoms with Crippen molar-refractivity contribution in [2.45, 2.75) is 98.8 Å². The number of carbonyl (C=O) groups excluding carboxylic acids is 1. The van der Waals surface area contributed by atoms with Crippen LogP contribution in [0.2, 0.25) is 0 Å². The molecule has 1 saturated carbocycles. The first-order valence-electron chi connectivity index (χ1n) is 8.56.